The van der Waals surface area contributed by atoms with Gasteiger partial charge in [0.1, 0.15) is 0 Å². The summed E-state index contributed by atoms with van der Waals surface area (Å²) in [5.74, 6) is -28.1. The van der Waals surface area contributed by atoms with Gasteiger partial charge in [0.2, 0.25) is 0 Å². The van der Waals surface area contributed by atoms with Gasteiger partial charge in [-0.3, -0.25) is 4.43 Å². The fraction of sp³-hybridized carbons (Fsp3) is 1.00. The Bertz CT molecular complexity index is 430. The number of halogens is 13. The molecule has 0 spiro atoms. The molecule has 15 heteroatoms. The summed E-state index contributed by atoms with van der Waals surface area (Å²) in [6, 6.07) is 0. The van der Waals surface area contributed by atoms with Gasteiger partial charge >= 0.3 is 39.1 Å². The van der Waals surface area contributed by atoms with Crippen molar-refractivity contribution in [1.29, 1.82) is 0 Å². The second-order valence-corrected chi connectivity index (χ2v) is 5.69. The van der Waals surface area contributed by atoms with Gasteiger partial charge in [-0.2, -0.15) is 43.9 Å². The molecular formula is C9H9F13OSi. The molecule has 0 bridgehead atoms. The summed E-state index contributed by atoms with van der Waals surface area (Å²) in [7, 11) is -8.10. The Labute approximate surface area is 127 Å². The molecular weight excluding hydrogens is 399 g/mol. The zero-order chi connectivity index (χ0) is 19.8. The lowest BCUT2D eigenvalue weighted by molar-refractivity contribution is -0.436. The largest absolute Gasteiger partial charge is 0.807 e. The lowest BCUT2D eigenvalue weighted by Crippen LogP contribution is -2.68. The molecule has 0 aliphatic heterocycles. The molecule has 0 aromatic rings. The first-order valence-electron chi connectivity index (χ1n) is 5.93. The Morgan fingerprint density at radius 3 is 1.46 bits per heavy atom. The van der Waals surface area contributed by atoms with Gasteiger partial charge in [0.05, 0.1) is 0 Å². The molecule has 0 aliphatic carbocycles. The maximum atomic E-state index is 13.1. The van der Waals surface area contributed by atoms with Gasteiger partial charge in [-0.25, -0.2) is 12.3 Å². The van der Waals surface area contributed by atoms with Gasteiger partial charge in [0.15, 0.2) is 0 Å². The first kappa shape index (κ1) is 23.3. The lowest BCUT2D eigenvalue weighted by atomic mass is 9.94. The van der Waals surface area contributed by atoms with Crippen molar-refractivity contribution in [2.75, 3.05) is 0 Å². The van der Waals surface area contributed by atoms with Crippen molar-refractivity contribution >= 4 is 9.32 Å². The number of hydrogen-bond acceptors (Lipinski definition) is 1. The highest BCUT2D eigenvalue weighted by molar-refractivity contribution is 6.51. The van der Waals surface area contributed by atoms with Gasteiger partial charge in [-0.15, -0.1) is 0 Å². The van der Waals surface area contributed by atoms with Crippen LogP contribution in [-0.2, 0) is 4.43 Å². The van der Waals surface area contributed by atoms with E-state index in [0.717, 1.165) is 6.92 Å². The van der Waals surface area contributed by atoms with Crippen LogP contribution in [0.25, 0.3) is 0 Å². The summed E-state index contributed by atoms with van der Waals surface area (Å²) < 4.78 is 166. The third-order valence-electron chi connectivity index (χ3n) is 2.70. The minimum Gasteiger partial charge on any atom is -0.276 e. The van der Waals surface area contributed by atoms with Crippen LogP contribution in [0.3, 0.4) is 0 Å². The van der Waals surface area contributed by atoms with Crippen molar-refractivity contribution in [3.63, 3.8) is 0 Å². The summed E-state index contributed by atoms with van der Waals surface area (Å²) in [6.07, 6.45) is -10.4. The summed E-state index contributed by atoms with van der Waals surface area (Å²) >= 11 is 0. The normalized spacial score (nSPS) is 15.8. The second-order valence-electron chi connectivity index (χ2n) is 4.60. The second kappa shape index (κ2) is 6.53. The summed E-state index contributed by atoms with van der Waals surface area (Å²) in [5.41, 5.74) is 0. The summed E-state index contributed by atoms with van der Waals surface area (Å²) in [5, 5.41) is 0. The molecule has 0 saturated carbocycles. The fourth-order valence-electron chi connectivity index (χ4n) is 1.37. The molecule has 0 unspecified atom stereocenters. The van der Waals surface area contributed by atoms with Crippen LogP contribution in [0, 0.1) is 0 Å². The van der Waals surface area contributed by atoms with Gasteiger partial charge in [-0.05, 0) is 6.42 Å². The Hall–Kier alpha value is -0.733. The molecule has 1 nitrogen and oxygen atoms in total. The molecule has 24 heavy (non-hydrogen) atoms. The highest BCUT2D eigenvalue weighted by Crippen LogP contribution is 2.58. The molecule has 0 aromatic heterocycles. The predicted octanol–water partition coefficient (Wildman–Crippen LogP) is 5.67. The summed E-state index contributed by atoms with van der Waals surface area (Å²) in [4.78, 5) is 0. The van der Waals surface area contributed by atoms with Crippen LogP contribution in [0.2, 0.25) is 0 Å². The van der Waals surface area contributed by atoms with E-state index in [0.29, 0.717) is 0 Å². The maximum absolute atomic E-state index is 13.1. The first-order chi connectivity index (χ1) is 10.3. The molecule has 0 aromatic carbocycles. The number of hydrogen-bond donors (Lipinski definition) is 0. The predicted molar refractivity (Wildman–Crippen MR) is 54.4 cm³/mol. The quantitative estimate of drug-likeness (QED) is 0.271. The van der Waals surface area contributed by atoms with E-state index in [4.69, 9.17) is 0 Å². The van der Waals surface area contributed by atoms with Crippen LogP contribution in [0.4, 0.5) is 56.2 Å². The number of rotatable bonds is 9. The highest BCUT2D eigenvalue weighted by Gasteiger charge is 2.87. The molecule has 0 aliphatic rings. The Morgan fingerprint density at radius 1 is 0.708 bits per heavy atom. The van der Waals surface area contributed by atoms with Crippen molar-refractivity contribution in [1.82, 2.24) is 0 Å². The third kappa shape index (κ3) is 4.08. The maximum Gasteiger partial charge on any atom is 0.807 e. The van der Waals surface area contributed by atoms with Gasteiger partial charge in [-0.1, -0.05) is 13.3 Å². The molecule has 0 rings (SSSR count). The number of unbranched alkanes of at least 4 members (excludes halogenated alkanes) is 1. The van der Waals surface area contributed by atoms with Crippen LogP contribution in [-0.4, -0.2) is 39.1 Å². The van der Waals surface area contributed by atoms with E-state index in [1.807, 2.05) is 0 Å². The molecule has 0 heterocycles. The van der Waals surface area contributed by atoms with Crippen LogP contribution in [0.15, 0.2) is 0 Å². The van der Waals surface area contributed by atoms with Crippen molar-refractivity contribution in [3.05, 3.63) is 0 Å². The topological polar surface area (TPSA) is 9.23 Å². The smallest absolute Gasteiger partial charge is 0.276 e. The standard InChI is InChI=1S/C9H9F13OSi/c1-2-3-4-5(10,11)6(12,13)7(14,15)8(16,17)9(18,19)23-24(20,21)22/h2-4H2,1H3. The minimum absolute atomic E-state index is 0.271. The average molecular weight is 408 g/mol. The van der Waals surface area contributed by atoms with E-state index in [-0.39, 0.29) is 6.42 Å². The molecule has 0 radical (unpaired) electrons. The Kier molecular flexibility index (Phi) is 6.33. The SMILES string of the molecule is CCCCC(F)(F)C(F)(F)C(F)(F)C(F)(F)C(F)(F)O[Si](F)(F)F. The van der Waals surface area contributed by atoms with Crippen LogP contribution >= 0.6 is 0 Å². The van der Waals surface area contributed by atoms with Crippen LogP contribution in [0.5, 0.6) is 0 Å². The minimum atomic E-state index is -8.10. The Balaban J connectivity index is 5.91. The molecule has 0 amide bonds. The van der Waals surface area contributed by atoms with Crippen molar-refractivity contribution in [2.24, 2.45) is 0 Å². The first-order valence-corrected chi connectivity index (χ1v) is 7.47. The third-order valence-corrected chi connectivity index (χ3v) is 3.19. The van der Waals surface area contributed by atoms with Crippen molar-refractivity contribution in [2.45, 2.75) is 56.0 Å². The van der Waals surface area contributed by atoms with E-state index in [2.05, 4.69) is 0 Å². The molecule has 0 fully saturated rings. The summed E-state index contributed by atoms with van der Waals surface area (Å²) in [6.45, 7) is 1.14. The fourth-order valence-corrected chi connectivity index (χ4v) is 1.79. The molecule has 0 saturated heterocycles. The van der Waals surface area contributed by atoms with Crippen molar-refractivity contribution < 1.29 is 60.7 Å². The number of alkyl halides is 10. The van der Waals surface area contributed by atoms with E-state index < -0.39 is 52.0 Å². The lowest BCUT2D eigenvalue weighted by Gasteiger charge is -2.39. The van der Waals surface area contributed by atoms with E-state index in [9.17, 15) is 56.2 Å². The highest BCUT2D eigenvalue weighted by atomic mass is 28.5. The van der Waals surface area contributed by atoms with E-state index >= 15 is 0 Å². The van der Waals surface area contributed by atoms with Gasteiger partial charge < -0.3 is 0 Å². The molecule has 146 valence electrons. The molecule has 0 N–H and O–H groups in total. The average Bonchev–Trinajstić information content (AvgIpc) is 2.32. The van der Waals surface area contributed by atoms with Crippen LogP contribution in [0.1, 0.15) is 26.2 Å². The van der Waals surface area contributed by atoms with Crippen molar-refractivity contribution in [3.8, 4) is 0 Å². The van der Waals surface area contributed by atoms with Crippen LogP contribution < -0.4 is 0 Å². The van der Waals surface area contributed by atoms with E-state index in [1.165, 1.54) is 0 Å². The molecule has 0 atom stereocenters. The van der Waals surface area contributed by atoms with Gasteiger partial charge in [0.25, 0.3) is 0 Å². The zero-order valence-electron chi connectivity index (χ0n) is 11.4. The Morgan fingerprint density at radius 2 is 1.12 bits per heavy atom. The monoisotopic (exact) mass is 408 g/mol. The zero-order valence-corrected chi connectivity index (χ0v) is 12.4. The van der Waals surface area contributed by atoms with E-state index in [1.54, 1.807) is 4.43 Å². The van der Waals surface area contributed by atoms with Gasteiger partial charge in [0, 0.05) is 6.42 Å².